The fourth-order valence-electron chi connectivity index (χ4n) is 2.06. The minimum atomic E-state index is -0.215. The van der Waals surface area contributed by atoms with Crippen LogP contribution >= 0.6 is 0 Å². The van der Waals surface area contributed by atoms with E-state index in [2.05, 4.69) is 11.8 Å². The Morgan fingerprint density at radius 3 is 2.93 bits per heavy atom. The summed E-state index contributed by atoms with van der Waals surface area (Å²) in [5, 5.41) is 0. The number of anilines is 2. The summed E-state index contributed by atoms with van der Waals surface area (Å²) >= 11 is 0. The molecule has 1 heterocycles. The van der Waals surface area contributed by atoms with Crippen LogP contribution in [0.1, 0.15) is 19.8 Å². The van der Waals surface area contributed by atoms with Crippen molar-refractivity contribution in [2.45, 2.75) is 25.8 Å². The van der Waals surface area contributed by atoms with E-state index in [1.54, 1.807) is 6.07 Å². The molecule has 0 aliphatic carbocycles. The maximum absolute atomic E-state index is 13.0. The molecule has 1 unspecified atom stereocenters. The van der Waals surface area contributed by atoms with Gasteiger partial charge in [-0.1, -0.05) is 0 Å². The molecule has 1 aromatic carbocycles. The third-order valence-electron chi connectivity index (χ3n) is 2.85. The van der Waals surface area contributed by atoms with E-state index < -0.39 is 0 Å². The summed E-state index contributed by atoms with van der Waals surface area (Å²) in [6.45, 7) is 3.13. The number of benzene rings is 1. The average molecular weight is 194 g/mol. The highest BCUT2D eigenvalue weighted by atomic mass is 19.1. The summed E-state index contributed by atoms with van der Waals surface area (Å²) in [6, 6.07) is 5.03. The summed E-state index contributed by atoms with van der Waals surface area (Å²) in [5.74, 6) is -0.215. The fourth-order valence-corrected chi connectivity index (χ4v) is 2.06. The third-order valence-corrected chi connectivity index (χ3v) is 2.85. The molecular formula is C11H15FN2. The molecule has 76 valence electrons. The Morgan fingerprint density at radius 2 is 2.29 bits per heavy atom. The zero-order valence-corrected chi connectivity index (χ0v) is 8.33. The Labute approximate surface area is 83.5 Å². The predicted molar refractivity (Wildman–Crippen MR) is 56.9 cm³/mol. The van der Waals surface area contributed by atoms with E-state index in [1.807, 2.05) is 0 Å². The Bertz CT molecular complexity index is 338. The molecule has 1 fully saturated rings. The lowest BCUT2D eigenvalue weighted by atomic mass is 10.2. The first-order valence-corrected chi connectivity index (χ1v) is 5.00. The smallest absolute Gasteiger partial charge is 0.125 e. The van der Waals surface area contributed by atoms with Crippen LogP contribution in [0.4, 0.5) is 15.8 Å². The summed E-state index contributed by atoms with van der Waals surface area (Å²) in [4.78, 5) is 2.18. The van der Waals surface area contributed by atoms with Crippen molar-refractivity contribution in [3.63, 3.8) is 0 Å². The fraction of sp³-hybridized carbons (Fsp3) is 0.455. The molecular weight excluding hydrogens is 179 g/mol. The van der Waals surface area contributed by atoms with Crippen LogP contribution in [0.2, 0.25) is 0 Å². The highest BCUT2D eigenvalue weighted by Crippen LogP contribution is 2.30. The molecule has 1 aromatic rings. The number of nitrogens with two attached hydrogens (primary N) is 1. The van der Waals surface area contributed by atoms with Gasteiger partial charge < -0.3 is 10.6 Å². The standard InChI is InChI=1S/C11H15FN2/c1-8-3-2-6-14(8)11-7-9(12)4-5-10(11)13/h4-5,7-8H,2-3,6,13H2,1H3. The van der Waals surface area contributed by atoms with E-state index in [4.69, 9.17) is 5.73 Å². The highest BCUT2D eigenvalue weighted by Gasteiger charge is 2.22. The van der Waals surface area contributed by atoms with Gasteiger partial charge in [0.25, 0.3) is 0 Å². The molecule has 3 heteroatoms. The second-order valence-electron chi connectivity index (χ2n) is 3.89. The average Bonchev–Trinajstić information content (AvgIpc) is 2.56. The molecule has 1 saturated heterocycles. The second kappa shape index (κ2) is 3.48. The molecule has 0 radical (unpaired) electrons. The number of nitrogens with zero attached hydrogens (tertiary/aromatic N) is 1. The molecule has 2 N–H and O–H groups in total. The van der Waals surface area contributed by atoms with Gasteiger partial charge in [0.05, 0.1) is 11.4 Å². The van der Waals surface area contributed by atoms with Gasteiger partial charge in [-0.3, -0.25) is 0 Å². The molecule has 0 aromatic heterocycles. The lowest BCUT2D eigenvalue weighted by molar-refractivity contribution is 0.626. The van der Waals surface area contributed by atoms with Gasteiger partial charge in [-0.05, 0) is 38.0 Å². The molecule has 14 heavy (non-hydrogen) atoms. The van der Waals surface area contributed by atoms with Crippen LogP contribution in [0.5, 0.6) is 0 Å². The maximum Gasteiger partial charge on any atom is 0.125 e. The predicted octanol–water partition coefficient (Wildman–Crippen LogP) is 2.40. The van der Waals surface area contributed by atoms with Gasteiger partial charge in [0.2, 0.25) is 0 Å². The van der Waals surface area contributed by atoms with Crippen LogP contribution in [0.25, 0.3) is 0 Å². The second-order valence-corrected chi connectivity index (χ2v) is 3.89. The number of hydrogen-bond donors (Lipinski definition) is 1. The van der Waals surface area contributed by atoms with Gasteiger partial charge in [-0.2, -0.15) is 0 Å². The van der Waals surface area contributed by atoms with Gasteiger partial charge in [0, 0.05) is 12.6 Å². The summed E-state index contributed by atoms with van der Waals surface area (Å²) in [6.07, 6.45) is 2.33. The molecule has 2 rings (SSSR count). The largest absolute Gasteiger partial charge is 0.397 e. The molecule has 0 saturated carbocycles. The van der Waals surface area contributed by atoms with E-state index in [0.29, 0.717) is 11.7 Å². The van der Waals surface area contributed by atoms with E-state index in [-0.39, 0.29) is 5.82 Å². The Hall–Kier alpha value is -1.25. The number of halogens is 1. The Kier molecular flexibility index (Phi) is 2.32. The van der Waals surface area contributed by atoms with Crippen molar-refractivity contribution in [1.82, 2.24) is 0 Å². The van der Waals surface area contributed by atoms with Crippen LogP contribution < -0.4 is 10.6 Å². The van der Waals surface area contributed by atoms with Crippen molar-refractivity contribution in [2.75, 3.05) is 17.2 Å². The molecule has 0 bridgehead atoms. The first-order chi connectivity index (χ1) is 6.68. The number of nitrogen functional groups attached to an aromatic ring is 1. The normalized spacial score (nSPS) is 21.6. The van der Waals surface area contributed by atoms with Crippen molar-refractivity contribution in [3.05, 3.63) is 24.0 Å². The van der Waals surface area contributed by atoms with Crippen molar-refractivity contribution in [3.8, 4) is 0 Å². The monoisotopic (exact) mass is 194 g/mol. The number of rotatable bonds is 1. The van der Waals surface area contributed by atoms with Gasteiger partial charge in [-0.25, -0.2) is 4.39 Å². The quantitative estimate of drug-likeness (QED) is 0.695. The molecule has 1 aliphatic heterocycles. The topological polar surface area (TPSA) is 29.3 Å². The molecule has 1 aliphatic rings. The first-order valence-electron chi connectivity index (χ1n) is 5.00. The van der Waals surface area contributed by atoms with Gasteiger partial charge in [-0.15, -0.1) is 0 Å². The molecule has 2 nitrogen and oxygen atoms in total. The van der Waals surface area contributed by atoms with E-state index in [0.717, 1.165) is 25.1 Å². The first kappa shape index (κ1) is 9.31. The van der Waals surface area contributed by atoms with Gasteiger partial charge in [0.1, 0.15) is 5.82 Å². The van der Waals surface area contributed by atoms with Crippen molar-refractivity contribution in [2.24, 2.45) is 0 Å². The van der Waals surface area contributed by atoms with Crippen LogP contribution in [-0.4, -0.2) is 12.6 Å². The minimum absolute atomic E-state index is 0.215. The van der Waals surface area contributed by atoms with Crippen molar-refractivity contribution >= 4 is 11.4 Å². The molecule has 0 spiro atoms. The lowest BCUT2D eigenvalue weighted by Gasteiger charge is -2.25. The molecule has 1 atom stereocenters. The Balaban J connectivity index is 2.34. The van der Waals surface area contributed by atoms with E-state index >= 15 is 0 Å². The van der Waals surface area contributed by atoms with E-state index in [9.17, 15) is 4.39 Å². The zero-order valence-electron chi connectivity index (χ0n) is 8.33. The van der Waals surface area contributed by atoms with Crippen LogP contribution in [0.15, 0.2) is 18.2 Å². The zero-order chi connectivity index (χ0) is 10.1. The van der Waals surface area contributed by atoms with Crippen LogP contribution in [0.3, 0.4) is 0 Å². The summed E-state index contributed by atoms with van der Waals surface area (Å²) in [5.41, 5.74) is 7.33. The van der Waals surface area contributed by atoms with E-state index in [1.165, 1.54) is 12.1 Å². The van der Waals surface area contributed by atoms with Crippen LogP contribution in [-0.2, 0) is 0 Å². The van der Waals surface area contributed by atoms with Crippen molar-refractivity contribution in [1.29, 1.82) is 0 Å². The minimum Gasteiger partial charge on any atom is -0.397 e. The summed E-state index contributed by atoms with van der Waals surface area (Å²) < 4.78 is 13.0. The van der Waals surface area contributed by atoms with Gasteiger partial charge >= 0.3 is 0 Å². The Morgan fingerprint density at radius 1 is 1.50 bits per heavy atom. The van der Waals surface area contributed by atoms with Gasteiger partial charge in [0.15, 0.2) is 0 Å². The SMILES string of the molecule is CC1CCCN1c1cc(F)ccc1N. The molecule has 0 amide bonds. The third kappa shape index (κ3) is 1.54. The lowest BCUT2D eigenvalue weighted by Crippen LogP contribution is -2.27. The highest BCUT2D eigenvalue weighted by molar-refractivity contribution is 5.68. The number of hydrogen-bond acceptors (Lipinski definition) is 2. The summed E-state index contributed by atoms with van der Waals surface area (Å²) in [7, 11) is 0. The van der Waals surface area contributed by atoms with Crippen LogP contribution in [0, 0.1) is 5.82 Å². The van der Waals surface area contributed by atoms with Crippen molar-refractivity contribution < 1.29 is 4.39 Å². The maximum atomic E-state index is 13.0.